The lowest BCUT2D eigenvalue weighted by Gasteiger charge is -2.09. The van der Waals surface area contributed by atoms with Crippen LogP contribution < -0.4 is 0 Å². The Hall–Kier alpha value is -1.19. The zero-order valence-electron chi connectivity index (χ0n) is 8.14. The van der Waals surface area contributed by atoms with E-state index in [2.05, 4.69) is 0 Å². The van der Waals surface area contributed by atoms with Gasteiger partial charge >= 0.3 is 0 Å². The molecule has 1 rings (SSSR count). The Morgan fingerprint density at radius 1 is 1.43 bits per heavy atom. The molecule has 0 heterocycles. The lowest BCUT2D eigenvalue weighted by Crippen LogP contribution is -2.24. The van der Waals surface area contributed by atoms with Gasteiger partial charge in [0.1, 0.15) is 0 Å². The zero-order valence-corrected chi connectivity index (χ0v) is 8.14. The van der Waals surface area contributed by atoms with Crippen molar-refractivity contribution in [1.29, 1.82) is 0 Å². The molecule has 1 atom stereocenters. The predicted molar refractivity (Wildman–Crippen MR) is 53.0 cm³/mol. The summed E-state index contributed by atoms with van der Waals surface area (Å²) >= 11 is 0. The maximum absolute atomic E-state index is 11.5. The van der Waals surface area contributed by atoms with Crippen LogP contribution >= 0.6 is 0 Å². The van der Waals surface area contributed by atoms with E-state index in [0.717, 1.165) is 6.42 Å². The average Bonchev–Trinajstić information content (AvgIpc) is 2.26. The summed E-state index contributed by atoms with van der Waals surface area (Å²) in [7, 11) is 0. The van der Waals surface area contributed by atoms with E-state index in [-0.39, 0.29) is 5.78 Å². The molecule has 0 spiro atoms. The van der Waals surface area contributed by atoms with E-state index < -0.39 is 6.29 Å². The lowest BCUT2D eigenvalue weighted by molar-refractivity contribution is -0.0717. The summed E-state index contributed by atoms with van der Waals surface area (Å²) in [5.74, 6) is -0.390. The molecule has 1 N–H and O–H groups in total. The van der Waals surface area contributed by atoms with Crippen molar-refractivity contribution in [2.45, 2.75) is 19.6 Å². The molecule has 1 aromatic rings. The van der Waals surface area contributed by atoms with Gasteiger partial charge in [-0.3, -0.25) is 4.79 Å². The highest BCUT2D eigenvalue weighted by molar-refractivity contribution is 5.98. The van der Waals surface area contributed by atoms with Crippen LogP contribution in [0.3, 0.4) is 0 Å². The van der Waals surface area contributed by atoms with E-state index in [1.807, 2.05) is 13.0 Å². The molecule has 3 heteroatoms. The van der Waals surface area contributed by atoms with Gasteiger partial charge in [0.15, 0.2) is 0 Å². The minimum absolute atomic E-state index is 0.389. The van der Waals surface area contributed by atoms with Crippen molar-refractivity contribution in [3.05, 3.63) is 35.9 Å². The molecule has 0 aliphatic carbocycles. The first-order valence-corrected chi connectivity index (χ1v) is 4.64. The number of carbonyl (C=O) groups is 1. The fourth-order valence-corrected chi connectivity index (χ4v) is 1.05. The first-order valence-electron chi connectivity index (χ1n) is 4.64. The van der Waals surface area contributed by atoms with E-state index >= 15 is 0 Å². The third-order valence-corrected chi connectivity index (χ3v) is 1.76. The molecule has 0 fully saturated rings. The second-order valence-electron chi connectivity index (χ2n) is 2.95. The Kier molecular flexibility index (Phi) is 4.29. The molecular formula is C11H14O3. The first-order chi connectivity index (χ1) is 6.75. The predicted octanol–water partition coefficient (Wildman–Crippen LogP) is 1.61. The molecular weight excluding hydrogens is 180 g/mol. The van der Waals surface area contributed by atoms with Crippen LogP contribution in [0.2, 0.25) is 0 Å². The normalized spacial score (nSPS) is 12.4. The summed E-state index contributed by atoms with van der Waals surface area (Å²) in [6, 6.07) is 8.62. The number of aliphatic hydroxyl groups is 1. The van der Waals surface area contributed by atoms with E-state index in [1.54, 1.807) is 24.3 Å². The molecule has 0 radical (unpaired) electrons. The fourth-order valence-electron chi connectivity index (χ4n) is 1.05. The van der Waals surface area contributed by atoms with Gasteiger partial charge in [0.25, 0.3) is 0 Å². The zero-order chi connectivity index (χ0) is 10.4. The highest BCUT2D eigenvalue weighted by atomic mass is 16.6. The van der Waals surface area contributed by atoms with Gasteiger partial charge in [-0.05, 0) is 6.42 Å². The second-order valence-corrected chi connectivity index (χ2v) is 2.95. The second kappa shape index (κ2) is 5.52. The van der Waals surface area contributed by atoms with Crippen LogP contribution in [-0.2, 0) is 4.74 Å². The Labute approximate surface area is 83.3 Å². The molecule has 0 aliphatic heterocycles. The largest absolute Gasteiger partial charge is 0.362 e. The van der Waals surface area contributed by atoms with Gasteiger partial charge in [-0.2, -0.15) is 0 Å². The minimum atomic E-state index is -1.34. The van der Waals surface area contributed by atoms with Gasteiger partial charge in [-0.25, -0.2) is 0 Å². The number of aliphatic hydroxyl groups excluding tert-OH is 1. The third kappa shape index (κ3) is 2.94. The van der Waals surface area contributed by atoms with Crippen LogP contribution in [0.1, 0.15) is 23.7 Å². The summed E-state index contributed by atoms with van der Waals surface area (Å²) < 4.78 is 4.91. The standard InChI is InChI=1S/C11H14O3/c1-2-8-14-11(13)10(12)9-6-4-3-5-7-9/h3-7,11,13H,2,8H2,1H3. The Morgan fingerprint density at radius 3 is 2.64 bits per heavy atom. The molecule has 14 heavy (non-hydrogen) atoms. The van der Waals surface area contributed by atoms with Gasteiger partial charge in [0, 0.05) is 12.2 Å². The molecule has 0 aliphatic rings. The van der Waals surface area contributed by atoms with Crippen LogP contribution in [0.5, 0.6) is 0 Å². The Morgan fingerprint density at radius 2 is 2.07 bits per heavy atom. The quantitative estimate of drug-likeness (QED) is 0.572. The molecule has 0 saturated heterocycles. The van der Waals surface area contributed by atoms with Gasteiger partial charge in [-0.15, -0.1) is 0 Å². The number of rotatable bonds is 5. The molecule has 0 saturated carbocycles. The molecule has 76 valence electrons. The summed E-state index contributed by atoms with van der Waals surface area (Å²) in [5, 5.41) is 9.33. The molecule has 1 unspecified atom stereocenters. The Balaban J connectivity index is 2.57. The number of ether oxygens (including phenoxy) is 1. The molecule has 1 aromatic carbocycles. The smallest absolute Gasteiger partial charge is 0.220 e. The number of carbonyl (C=O) groups excluding carboxylic acids is 1. The van der Waals surface area contributed by atoms with Crippen molar-refractivity contribution in [2.75, 3.05) is 6.61 Å². The summed E-state index contributed by atoms with van der Waals surface area (Å²) in [4.78, 5) is 11.5. The lowest BCUT2D eigenvalue weighted by atomic mass is 10.1. The fraction of sp³-hybridized carbons (Fsp3) is 0.364. The Bertz CT molecular complexity index is 282. The van der Waals surface area contributed by atoms with Crippen molar-refractivity contribution >= 4 is 5.78 Å². The van der Waals surface area contributed by atoms with E-state index in [1.165, 1.54) is 0 Å². The molecule has 0 bridgehead atoms. The van der Waals surface area contributed by atoms with Crippen LogP contribution in [-0.4, -0.2) is 23.8 Å². The van der Waals surface area contributed by atoms with Crippen LogP contribution in [0, 0.1) is 0 Å². The van der Waals surface area contributed by atoms with E-state index in [0.29, 0.717) is 12.2 Å². The molecule has 3 nitrogen and oxygen atoms in total. The first kappa shape index (κ1) is 10.9. The number of ketones is 1. The van der Waals surface area contributed by atoms with Gasteiger partial charge in [0.2, 0.25) is 12.1 Å². The number of Topliss-reactive ketones (excluding diaryl/α,β-unsaturated/α-hetero) is 1. The van der Waals surface area contributed by atoms with Crippen LogP contribution in [0.15, 0.2) is 30.3 Å². The third-order valence-electron chi connectivity index (χ3n) is 1.76. The van der Waals surface area contributed by atoms with E-state index in [4.69, 9.17) is 4.74 Å². The maximum atomic E-state index is 11.5. The highest BCUT2D eigenvalue weighted by Crippen LogP contribution is 2.04. The highest BCUT2D eigenvalue weighted by Gasteiger charge is 2.16. The van der Waals surface area contributed by atoms with Crippen molar-refractivity contribution < 1.29 is 14.6 Å². The van der Waals surface area contributed by atoms with Crippen LogP contribution in [0.4, 0.5) is 0 Å². The topological polar surface area (TPSA) is 46.5 Å². The SMILES string of the molecule is CCCOC(O)C(=O)c1ccccc1. The van der Waals surface area contributed by atoms with E-state index in [9.17, 15) is 9.90 Å². The maximum Gasteiger partial charge on any atom is 0.220 e. The molecule has 0 aromatic heterocycles. The summed E-state index contributed by atoms with van der Waals surface area (Å²) in [6.45, 7) is 2.31. The molecule has 0 amide bonds. The van der Waals surface area contributed by atoms with Crippen LogP contribution in [0.25, 0.3) is 0 Å². The van der Waals surface area contributed by atoms with Crippen molar-refractivity contribution in [2.24, 2.45) is 0 Å². The van der Waals surface area contributed by atoms with Gasteiger partial charge in [-0.1, -0.05) is 37.3 Å². The number of hydrogen-bond donors (Lipinski definition) is 1. The summed E-state index contributed by atoms with van der Waals surface area (Å²) in [6.07, 6.45) is -0.559. The van der Waals surface area contributed by atoms with Crippen molar-refractivity contribution in [1.82, 2.24) is 0 Å². The van der Waals surface area contributed by atoms with Gasteiger partial charge in [0.05, 0.1) is 0 Å². The number of benzene rings is 1. The monoisotopic (exact) mass is 194 g/mol. The van der Waals surface area contributed by atoms with Gasteiger partial charge < -0.3 is 9.84 Å². The summed E-state index contributed by atoms with van der Waals surface area (Å²) in [5.41, 5.74) is 0.469. The number of hydrogen-bond acceptors (Lipinski definition) is 3. The van der Waals surface area contributed by atoms with Crippen molar-refractivity contribution in [3.63, 3.8) is 0 Å². The minimum Gasteiger partial charge on any atom is -0.362 e. The average molecular weight is 194 g/mol. The van der Waals surface area contributed by atoms with Crippen molar-refractivity contribution in [3.8, 4) is 0 Å².